The fourth-order valence-electron chi connectivity index (χ4n) is 2.66. The Hall–Kier alpha value is -2.47. The molecule has 2 rings (SSSR count). The van der Waals surface area contributed by atoms with Crippen molar-refractivity contribution in [3.63, 3.8) is 0 Å². The van der Waals surface area contributed by atoms with Gasteiger partial charge in [-0.15, -0.1) is 0 Å². The van der Waals surface area contributed by atoms with Gasteiger partial charge in [-0.25, -0.2) is 4.79 Å². The molecule has 0 bridgehead atoms. The summed E-state index contributed by atoms with van der Waals surface area (Å²) in [6.45, 7) is 2.21. The Morgan fingerprint density at radius 1 is 1.19 bits per heavy atom. The van der Waals surface area contributed by atoms with Crippen molar-refractivity contribution < 1.29 is 14.3 Å². The molecule has 2 aromatic rings. The average Bonchev–Trinajstić information content (AvgIpc) is 2.69. The highest BCUT2D eigenvalue weighted by Crippen LogP contribution is 2.30. The number of esters is 1. The van der Waals surface area contributed by atoms with Gasteiger partial charge >= 0.3 is 5.97 Å². The van der Waals surface area contributed by atoms with E-state index in [1.54, 1.807) is 37.3 Å². The normalized spacial score (nSPS) is 13.3. The van der Waals surface area contributed by atoms with Crippen LogP contribution in [0.3, 0.4) is 0 Å². The van der Waals surface area contributed by atoms with E-state index >= 15 is 0 Å². The molecule has 27 heavy (non-hydrogen) atoms. The summed E-state index contributed by atoms with van der Waals surface area (Å²) in [6, 6.07) is 16.3. The van der Waals surface area contributed by atoms with Gasteiger partial charge in [0.15, 0.2) is 0 Å². The quantitative estimate of drug-likeness (QED) is 0.391. The van der Waals surface area contributed by atoms with Crippen LogP contribution >= 0.6 is 11.6 Å². The van der Waals surface area contributed by atoms with Crippen molar-refractivity contribution in [3.8, 4) is 0 Å². The van der Waals surface area contributed by atoms with Crippen molar-refractivity contribution >= 4 is 23.3 Å². The van der Waals surface area contributed by atoms with Gasteiger partial charge in [0, 0.05) is 17.6 Å². The van der Waals surface area contributed by atoms with Crippen molar-refractivity contribution in [1.29, 1.82) is 5.41 Å². The number of carbonyl (C=O) groups excluding carboxylic acids is 1. The van der Waals surface area contributed by atoms with E-state index in [4.69, 9.17) is 32.2 Å². The highest BCUT2D eigenvalue weighted by atomic mass is 35.5. The first-order valence-electron chi connectivity index (χ1n) is 8.61. The first kappa shape index (κ1) is 20.8. The number of hydrogen-bond donors (Lipinski definition) is 2. The van der Waals surface area contributed by atoms with Gasteiger partial charge in [0.1, 0.15) is 5.60 Å². The SMILES string of the molecule is CCOC(=O)/C=C/COC(CN)(C(=N)c1ccc(Cl)cc1)c1ccccc1. The molecule has 0 fully saturated rings. The van der Waals surface area contributed by atoms with E-state index in [0.717, 1.165) is 5.56 Å². The lowest BCUT2D eigenvalue weighted by Crippen LogP contribution is -2.45. The first-order valence-corrected chi connectivity index (χ1v) is 8.99. The number of carbonyl (C=O) groups is 1. The molecule has 0 aliphatic rings. The van der Waals surface area contributed by atoms with E-state index < -0.39 is 11.6 Å². The van der Waals surface area contributed by atoms with Gasteiger partial charge < -0.3 is 20.6 Å². The standard InChI is InChI=1S/C21H23ClN2O3/c1-2-26-19(25)9-6-14-27-21(15-23,17-7-4-3-5-8-17)20(24)16-10-12-18(22)13-11-16/h3-13,24H,2,14-15,23H2,1H3/b9-6+,24-20?. The molecule has 0 amide bonds. The topological polar surface area (TPSA) is 85.4 Å². The van der Waals surface area contributed by atoms with E-state index in [9.17, 15) is 4.79 Å². The molecule has 0 saturated carbocycles. The fraction of sp³-hybridized carbons (Fsp3) is 0.238. The van der Waals surface area contributed by atoms with E-state index in [2.05, 4.69) is 0 Å². The second-order valence-corrected chi connectivity index (χ2v) is 6.18. The van der Waals surface area contributed by atoms with Crippen LogP contribution in [-0.4, -0.2) is 31.4 Å². The van der Waals surface area contributed by atoms with Crippen LogP contribution in [0.4, 0.5) is 0 Å². The zero-order chi connectivity index (χ0) is 19.7. The monoisotopic (exact) mass is 386 g/mol. The summed E-state index contributed by atoms with van der Waals surface area (Å²) in [5.41, 5.74) is 6.57. The van der Waals surface area contributed by atoms with Crippen LogP contribution < -0.4 is 5.73 Å². The Morgan fingerprint density at radius 2 is 1.85 bits per heavy atom. The van der Waals surface area contributed by atoms with Crippen LogP contribution in [0.25, 0.3) is 0 Å². The third-order valence-electron chi connectivity index (χ3n) is 4.03. The Morgan fingerprint density at radius 3 is 2.44 bits per heavy atom. The summed E-state index contributed by atoms with van der Waals surface area (Å²) in [6.07, 6.45) is 2.86. The molecule has 6 heteroatoms. The molecular formula is C21H23ClN2O3. The maximum atomic E-state index is 11.5. The molecule has 0 radical (unpaired) electrons. The van der Waals surface area contributed by atoms with Gasteiger partial charge in [-0.1, -0.05) is 60.1 Å². The summed E-state index contributed by atoms with van der Waals surface area (Å²) < 4.78 is 10.9. The Bertz CT molecular complexity index is 791. The number of nitrogens with two attached hydrogens (primary N) is 1. The van der Waals surface area contributed by atoms with Gasteiger partial charge in [-0.2, -0.15) is 0 Å². The highest BCUT2D eigenvalue weighted by molar-refractivity contribution is 6.30. The van der Waals surface area contributed by atoms with Crippen molar-refractivity contribution in [3.05, 3.63) is 82.9 Å². The van der Waals surface area contributed by atoms with Crippen LogP contribution in [0.2, 0.25) is 5.02 Å². The number of ether oxygens (including phenoxy) is 2. The summed E-state index contributed by atoms with van der Waals surface area (Å²) in [5.74, 6) is -0.438. The van der Waals surface area contributed by atoms with E-state index in [0.29, 0.717) is 17.2 Å². The summed E-state index contributed by atoms with van der Waals surface area (Å²) in [7, 11) is 0. The molecule has 1 unspecified atom stereocenters. The molecule has 0 heterocycles. The molecule has 0 saturated heterocycles. The Balaban J connectivity index is 2.32. The number of rotatable bonds is 9. The average molecular weight is 387 g/mol. The molecular weight excluding hydrogens is 364 g/mol. The molecule has 0 aliphatic heterocycles. The second-order valence-electron chi connectivity index (χ2n) is 5.74. The van der Waals surface area contributed by atoms with Crippen LogP contribution in [0.1, 0.15) is 18.1 Å². The lowest BCUT2D eigenvalue weighted by molar-refractivity contribution is -0.137. The molecule has 3 N–H and O–H groups in total. The lowest BCUT2D eigenvalue weighted by Gasteiger charge is -2.34. The largest absolute Gasteiger partial charge is 0.463 e. The number of nitrogens with one attached hydrogen (secondary N) is 1. The predicted octanol–water partition coefficient (Wildman–Crippen LogP) is 3.70. The van der Waals surface area contributed by atoms with Gasteiger partial charge in [0.25, 0.3) is 0 Å². The molecule has 0 aliphatic carbocycles. The number of benzene rings is 2. The van der Waals surface area contributed by atoms with E-state index in [1.165, 1.54) is 6.08 Å². The maximum absolute atomic E-state index is 11.5. The van der Waals surface area contributed by atoms with Gasteiger partial charge in [-0.3, -0.25) is 0 Å². The van der Waals surface area contributed by atoms with E-state index in [-0.39, 0.29) is 18.9 Å². The highest BCUT2D eigenvalue weighted by Gasteiger charge is 2.37. The summed E-state index contributed by atoms with van der Waals surface area (Å²) in [4.78, 5) is 11.5. The third-order valence-corrected chi connectivity index (χ3v) is 4.28. The molecule has 142 valence electrons. The van der Waals surface area contributed by atoms with Crippen molar-refractivity contribution in [2.75, 3.05) is 19.8 Å². The minimum Gasteiger partial charge on any atom is -0.463 e. The fourth-order valence-corrected chi connectivity index (χ4v) is 2.79. The smallest absolute Gasteiger partial charge is 0.330 e. The molecule has 2 aromatic carbocycles. The lowest BCUT2D eigenvalue weighted by atomic mass is 9.85. The zero-order valence-corrected chi connectivity index (χ0v) is 15.9. The van der Waals surface area contributed by atoms with Crippen LogP contribution in [0.5, 0.6) is 0 Å². The molecule has 0 aromatic heterocycles. The number of hydrogen-bond acceptors (Lipinski definition) is 5. The molecule has 1 atom stereocenters. The van der Waals surface area contributed by atoms with Crippen molar-refractivity contribution in [2.24, 2.45) is 5.73 Å². The zero-order valence-electron chi connectivity index (χ0n) is 15.2. The summed E-state index contributed by atoms with van der Waals surface area (Å²) in [5, 5.41) is 9.35. The van der Waals surface area contributed by atoms with Gasteiger partial charge in [-0.05, 0) is 30.2 Å². The Kier molecular flexibility index (Phi) is 7.73. The molecule has 5 nitrogen and oxygen atoms in total. The molecule has 0 spiro atoms. The second kappa shape index (κ2) is 10.0. The van der Waals surface area contributed by atoms with Crippen LogP contribution in [0, 0.1) is 5.41 Å². The van der Waals surface area contributed by atoms with Gasteiger partial charge in [0.2, 0.25) is 0 Å². The minimum absolute atomic E-state index is 0.0612. The van der Waals surface area contributed by atoms with Crippen molar-refractivity contribution in [1.82, 2.24) is 0 Å². The van der Waals surface area contributed by atoms with Crippen LogP contribution in [0.15, 0.2) is 66.7 Å². The summed E-state index contributed by atoms with van der Waals surface area (Å²) >= 11 is 5.96. The predicted molar refractivity (Wildman–Crippen MR) is 107 cm³/mol. The van der Waals surface area contributed by atoms with Gasteiger partial charge in [0.05, 0.1) is 18.9 Å². The van der Waals surface area contributed by atoms with Crippen LogP contribution in [-0.2, 0) is 19.9 Å². The minimum atomic E-state index is -1.16. The third kappa shape index (κ3) is 5.26. The number of halogens is 1. The first-order chi connectivity index (χ1) is 13.0. The maximum Gasteiger partial charge on any atom is 0.330 e. The Labute approximate surface area is 164 Å². The van der Waals surface area contributed by atoms with E-state index in [1.807, 2.05) is 30.3 Å². The van der Waals surface area contributed by atoms with Crippen molar-refractivity contribution in [2.45, 2.75) is 12.5 Å².